The Kier molecular flexibility index (Phi) is 1.44. The summed E-state index contributed by atoms with van der Waals surface area (Å²) in [5, 5.41) is 22.5. The van der Waals surface area contributed by atoms with Crippen LogP contribution >= 0.6 is 12.6 Å². The summed E-state index contributed by atoms with van der Waals surface area (Å²) in [6.45, 7) is 0. The molecule has 48 valence electrons. The summed E-state index contributed by atoms with van der Waals surface area (Å²) in [6, 6.07) is 2.65. The molecule has 0 bridgehead atoms. The molecule has 0 fully saturated rings. The average Bonchev–Trinajstić information content (AvgIpc) is 1.80. The topological polar surface area (TPSA) is 60.1 Å². The monoisotopic (exact) mass is 144 g/mol. The average molecular weight is 144 g/mol. The molecule has 0 amide bonds. The standard InChI is InChI=1S/C4H4N2O2S/c7-4-2-1-3(9)5-6(4)8/h1-2,7H,(H,5,9). The zero-order valence-electron chi connectivity index (χ0n) is 4.35. The Morgan fingerprint density at radius 3 is 2.78 bits per heavy atom. The van der Waals surface area contributed by atoms with E-state index in [-0.39, 0.29) is 9.87 Å². The van der Waals surface area contributed by atoms with Gasteiger partial charge in [-0.1, -0.05) is 0 Å². The van der Waals surface area contributed by atoms with Crippen LogP contribution in [0.4, 0.5) is 0 Å². The molecule has 0 spiro atoms. The summed E-state index contributed by atoms with van der Waals surface area (Å²) < 4.78 is 0. The number of thiol groups is 1. The summed E-state index contributed by atoms with van der Waals surface area (Å²) in [5.74, 6) is -0.423. The quantitative estimate of drug-likeness (QED) is 0.299. The molecule has 0 unspecified atom stereocenters. The zero-order valence-corrected chi connectivity index (χ0v) is 5.25. The molecule has 9 heavy (non-hydrogen) atoms. The second-order valence-corrected chi connectivity index (χ2v) is 1.88. The number of nitrogens with zero attached hydrogens (tertiary/aromatic N) is 2. The molecular formula is C4H4N2O2S. The van der Waals surface area contributed by atoms with Gasteiger partial charge < -0.3 is 10.3 Å². The highest BCUT2D eigenvalue weighted by Crippen LogP contribution is 2.01. The van der Waals surface area contributed by atoms with Gasteiger partial charge in [-0.05, 0) is 10.9 Å². The van der Waals surface area contributed by atoms with Crippen molar-refractivity contribution in [1.82, 2.24) is 5.10 Å². The predicted molar refractivity (Wildman–Crippen MR) is 32.1 cm³/mol. The van der Waals surface area contributed by atoms with Gasteiger partial charge in [-0.2, -0.15) is 0 Å². The summed E-state index contributed by atoms with van der Waals surface area (Å²) in [7, 11) is 0. The largest absolute Gasteiger partial charge is 0.591 e. The van der Waals surface area contributed by atoms with E-state index >= 15 is 0 Å². The lowest BCUT2D eigenvalue weighted by atomic mass is 10.6. The number of hydrogen-bond donors (Lipinski definition) is 2. The van der Waals surface area contributed by atoms with Gasteiger partial charge in [-0.25, -0.2) is 0 Å². The summed E-state index contributed by atoms with van der Waals surface area (Å²) in [4.78, 5) is 0.0995. The second kappa shape index (κ2) is 2.10. The van der Waals surface area contributed by atoms with Crippen molar-refractivity contribution in [2.45, 2.75) is 5.03 Å². The van der Waals surface area contributed by atoms with Gasteiger partial charge in [0.2, 0.25) is 0 Å². The van der Waals surface area contributed by atoms with Crippen molar-refractivity contribution in [3.63, 3.8) is 0 Å². The molecule has 0 aliphatic rings. The molecule has 4 nitrogen and oxygen atoms in total. The summed E-state index contributed by atoms with van der Waals surface area (Å²) in [6.07, 6.45) is 0. The van der Waals surface area contributed by atoms with Crippen molar-refractivity contribution in [3.05, 3.63) is 17.3 Å². The first-order chi connectivity index (χ1) is 4.20. The third kappa shape index (κ3) is 1.23. The highest BCUT2D eigenvalue weighted by molar-refractivity contribution is 7.80. The van der Waals surface area contributed by atoms with Gasteiger partial charge in [-0.15, -0.1) is 12.6 Å². The molecule has 1 aromatic heterocycles. The van der Waals surface area contributed by atoms with Crippen LogP contribution in [0.5, 0.6) is 5.88 Å². The number of hydrogen-bond acceptors (Lipinski definition) is 4. The number of aromatic hydroxyl groups is 1. The minimum Gasteiger partial charge on any atom is -0.591 e. The van der Waals surface area contributed by atoms with Crippen molar-refractivity contribution in [2.24, 2.45) is 0 Å². The first-order valence-electron chi connectivity index (χ1n) is 2.19. The molecule has 0 atom stereocenters. The van der Waals surface area contributed by atoms with Crippen molar-refractivity contribution < 1.29 is 9.95 Å². The fraction of sp³-hybridized carbons (Fsp3) is 0. The third-order valence-electron chi connectivity index (χ3n) is 0.771. The molecule has 0 aliphatic heterocycles. The van der Waals surface area contributed by atoms with Crippen molar-refractivity contribution in [2.75, 3.05) is 0 Å². The molecule has 5 heteroatoms. The van der Waals surface area contributed by atoms with Crippen LogP contribution in [0, 0.1) is 5.21 Å². The Hall–Kier alpha value is -0.970. The third-order valence-corrected chi connectivity index (χ3v) is 1.01. The zero-order chi connectivity index (χ0) is 6.85. The van der Waals surface area contributed by atoms with Crippen LogP contribution in [0.3, 0.4) is 0 Å². The maximum absolute atomic E-state index is 10.3. The Labute approximate surface area is 56.7 Å². The smallest absolute Gasteiger partial charge is 0.403 e. The van der Waals surface area contributed by atoms with Gasteiger partial charge in [0.05, 0.1) is 6.07 Å². The molecular weight excluding hydrogens is 140 g/mol. The number of aromatic nitrogens is 2. The molecule has 1 N–H and O–H groups in total. The molecule has 1 aromatic rings. The Bertz CT molecular complexity index is 228. The molecule has 0 radical (unpaired) electrons. The van der Waals surface area contributed by atoms with E-state index in [2.05, 4.69) is 17.7 Å². The fourth-order valence-corrected chi connectivity index (χ4v) is 0.546. The lowest BCUT2D eigenvalue weighted by Gasteiger charge is -1.92. The Morgan fingerprint density at radius 1 is 1.67 bits per heavy atom. The van der Waals surface area contributed by atoms with E-state index in [1.807, 2.05) is 0 Å². The first kappa shape index (κ1) is 6.15. The van der Waals surface area contributed by atoms with Crippen LogP contribution in [0.15, 0.2) is 17.2 Å². The Balaban J connectivity index is 3.17. The van der Waals surface area contributed by atoms with E-state index in [9.17, 15) is 5.21 Å². The van der Waals surface area contributed by atoms with Gasteiger partial charge in [0.15, 0.2) is 5.03 Å². The molecule has 0 saturated carbocycles. The molecule has 1 heterocycles. The van der Waals surface area contributed by atoms with Gasteiger partial charge in [0, 0.05) is 5.10 Å². The van der Waals surface area contributed by atoms with Crippen LogP contribution in [0.2, 0.25) is 0 Å². The minimum absolute atomic E-state index is 0.0995. The summed E-state index contributed by atoms with van der Waals surface area (Å²) in [5.41, 5.74) is 0. The van der Waals surface area contributed by atoms with Crippen LogP contribution in [-0.4, -0.2) is 10.2 Å². The van der Waals surface area contributed by atoms with E-state index in [4.69, 9.17) is 5.11 Å². The van der Waals surface area contributed by atoms with E-state index in [0.717, 1.165) is 0 Å². The molecule has 0 saturated heterocycles. The van der Waals surface area contributed by atoms with E-state index in [1.54, 1.807) is 0 Å². The van der Waals surface area contributed by atoms with Crippen LogP contribution in [0.25, 0.3) is 0 Å². The maximum Gasteiger partial charge on any atom is 0.403 e. The lowest BCUT2D eigenvalue weighted by Crippen LogP contribution is -2.30. The minimum atomic E-state index is -0.423. The highest BCUT2D eigenvalue weighted by atomic mass is 32.1. The van der Waals surface area contributed by atoms with E-state index < -0.39 is 5.88 Å². The van der Waals surface area contributed by atoms with Gasteiger partial charge in [0.1, 0.15) is 0 Å². The molecule has 0 aliphatic carbocycles. The van der Waals surface area contributed by atoms with Gasteiger partial charge in [0.25, 0.3) is 0 Å². The van der Waals surface area contributed by atoms with Crippen LogP contribution in [-0.2, 0) is 0 Å². The SMILES string of the molecule is [O-][n+]1nc(S)ccc1O. The highest BCUT2D eigenvalue weighted by Gasteiger charge is 2.01. The maximum atomic E-state index is 10.3. The van der Waals surface area contributed by atoms with Crippen LogP contribution < -0.4 is 4.85 Å². The van der Waals surface area contributed by atoms with E-state index in [0.29, 0.717) is 0 Å². The van der Waals surface area contributed by atoms with Gasteiger partial charge >= 0.3 is 5.88 Å². The Morgan fingerprint density at radius 2 is 2.33 bits per heavy atom. The number of rotatable bonds is 0. The second-order valence-electron chi connectivity index (χ2n) is 1.42. The van der Waals surface area contributed by atoms with Crippen LogP contribution in [0.1, 0.15) is 0 Å². The summed E-state index contributed by atoms with van der Waals surface area (Å²) >= 11 is 3.76. The normalized spacial score (nSPS) is 9.44. The lowest BCUT2D eigenvalue weighted by molar-refractivity contribution is -0.679. The first-order valence-corrected chi connectivity index (χ1v) is 2.63. The van der Waals surface area contributed by atoms with Crippen molar-refractivity contribution >= 4 is 12.6 Å². The fourth-order valence-electron chi connectivity index (χ4n) is 0.390. The molecule has 0 aromatic carbocycles. The molecule has 1 rings (SSSR count). The predicted octanol–water partition coefficient (Wildman–Crippen LogP) is -0.291. The van der Waals surface area contributed by atoms with E-state index in [1.165, 1.54) is 12.1 Å². The van der Waals surface area contributed by atoms with Crippen molar-refractivity contribution in [1.29, 1.82) is 0 Å². The van der Waals surface area contributed by atoms with Gasteiger partial charge in [-0.3, -0.25) is 0 Å². The van der Waals surface area contributed by atoms with Crippen molar-refractivity contribution in [3.8, 4) is 5.88 Å².